The molecule has 2 saturated heterocycles. The summed E-state index contributed by atoms with van der Waals surface area (Å²) in [7, 11) is 0. The summed E-state index contributed by atoms with van der Waals surface area (Å²) < 4.78 is 0. The van der Waals surface area contributed by atoms with Crippen molar-refractivity contribution in [2.24, 2.45) is 0 Å². The van der Waals surface area contributed by atoms with E-state index in [1.807, 2.05) is 53.5 Å². The quantitative estimate of drug-likeness (QED) is 0.840. The number of hydrogen-bond donors (Lipinski definition) is 2. The van der Waals surface area contributed by atoms with Crippen LogP contribution in [0.2, 0.25) is 0 Å². The molecule has 3 rings (SSSR count). The first-order valence-corrected chi connectivity index (χ1v) is 11.0. The zero-order valence-corrected chi connectivity index (χ0v) is 16.2. The van der Waals surface area contributed by atoms with E-state index in [-0.39, 0.29) is 17.9 Å². The molecule has 136 valence electrons. The Hall–Kier alpha value is -1.18. The largest absolute Gasteiger partial charge is 0.337 e. The molecule has 1 aromatic rings. The minimum Gasteiger partial charge on any atom is -0.337 e. The molecule has 2 fully saturated rings. The van der Waals surface area contributed by atoms with E-state index in [1.165, 1.54) is 0 Å². The summed E-state index contributed by atoms with van der Waals surface area (Å²) >= 11 is 3.78. The van der Waals surface area contributed by atoms with Crippen molar-refractivity contribution in [3.63, 3.8) is 0 Å². The van der Waals surface area contributed by atoms with Crippen molar-refractivity contribution >= 4 is 41.0 Å². The van der Waals surface area contributed by atoms with E-state index in [0.29, 0.717) is 12.0 Å². The fourth-order valence-electron chi connectivity index (χ4n) is 3.06. The van der Waals surface area contributed by atoms with Crippen LogP contribution in [-0.2, 0) is 4.79 Å². The number of nitrogens with one attached hydrogen (secondary N) is 2. The molecule has 0 radical (unpaired) electrons. The van der Waals surface area contributed by atoms with Crippen molar-refractivity contribution in [3.8, 4) is 0 Å². The fourth-order valence-corrected chi connectivity index (χ4v) is 4.91. The number of hydrogen-bond acceptors (Lipinski definition) is 5. The number of carbonyl (C=O) groups excluding carboxylic acids is 2. The van der Waals surface area contributed by atoms with Gasteiger partial charge in [-0.15, -0.1) is 0 Å². The van der Waals surface area contributed by atoms with Crippen LogP contribution in [-0.4, -0.2) is 65.4 Å². The summed E-state index contributed by atoms with van der Waals surface area (Å²) in [6.07, 6.45) is 0.485. The predicted molar refractivity (Wildman–Crippen MR) is 107 cm³/mol. The van der Waals surface area contributed by atoms with Crippen LogP contribution in [0.3, 0.4) is 0 Å². The lowest BCUT2D eigenvalue weighted by atomic mass is 10.1. The second-order valence-electron chi connectivity index (χ2n) is 6.41. The van der Waals surface area contributed by atoms with E-state index in [4.69, 9.17) is 0 Å². The average molecular weight is 380 g/mol. The van der Waals surface area contributed by atoms with E-state index in [2.05, 4.69) is 10.6 Å². The summed E-state index contributed by atoms with van der Waals surface area (Å²) in [6, 6.07) is 5.80. The van der Waals surface area contributed by atoms with Gasteiger partial charge in [-0.3, -0.25) is 9.59 Å². The van der Waals surface area contributed by atoms with Crippen molar-refractivity contribution in [2.45, 2.75) is 19.4 Å². The number of carbonyl (C=O) groups is 2. The summed E-state index contributed by atoms with van der Waals surface area (Å²) in [4.78, 5) is 26.7. The SMILES string of the molecule is Cc1cc(C(=O)N2CCSCC2)ccc1NC(=O)CC1CSCCN1. The van der Waals surface area contributed by atoms with Gasteiger partial charge in [0.25, 0.3) is 5.91 Å². The smallest absolute Gasteiger partial charge is 0.253 e. The molecule has 5 nitrogen and oxygen atoms in total. The second kappa shape index (κ2) is 8.96. The van der Waals surface area contributed by atoms with Gasteiger partial charge in [0.05, 0.1) is 0 Å². The number of anilines is 1. The van der Waals surface area contributed by atoms with Gasteiger partial charge in [-0.2, -0.15) is 23.5 Å². The normalized spacial score (nSPS) is 21.0. The first-order valence-electron chi connectivity index (χ1n) is 8.72. The highest BCUT2D eigenvalue weighted by Crippen LogP contribution is 2.20. The van der Waals surface area contributed by atoms with Crippen LogP contribution in [0, 0.1) is 6.92 Å². The highest BCUT2D eigenvalue weighted by molar-refractivity contribution is 7.99. The van der Waals surface area contributed by atoms with Crippen LogP contribution < -0.4 is 10.6 Å². The molecule has 7 heteroatoms. The number of aryl methyl sites for hydroxylation is 1. The number of rotatable bonds is 4. The number of benzene rings is 1. The Morgan fingerprint density at radius 1 is 1.24 bits per heavy atom. The van der Waals surface area contributed by atoms with Crippen molar-refractivity contribution in [2.75, 3.05) is 48.0 Å². The van der Waals surface area contributed by atoms with Gasteiger partial charge in [0, 0.05) is 66.4 Å². The van der Waals surface area contributed by atoms with Crippen LogP contribution in [0.15, 0.2) is 18.2 Å². The standard InChI is InChI=1S/C18H25N3O2S2/c1-13-10-14(18(23)21-5-8-24-9-6-21)2-3-16(13)20-17(22)11-15-12-25-7-4-19-15/h2-3,10,15,19H,4-9,11-12H2,1H3,(H,20,22). The summed E-state index contributed by atoms with van der Waals surface area (Å²) in [6.45, 7) is 4.53. The Morgan fingerprint density at radius 2 is 2.04 bits per heavy atom. The van der Waals surface area contributed by atoms with Gasteiger partial charge < -0.3 is 15.5 Å². The first-order chi connectivity index (χ1) is 12.1. The van der Waals surface area contributed by atoms with Crippen molar-refractivity contribution in [3.05, 3.63) is 29.3 Å². The molecule has 2 aliphatic rings. The Morgan fingerprint density at radius 3 is 2.72 bits per heavy atom. The number of amides is 2. The van der Waals surface area contributed by atoms with Crippen LogP contribution in [0.25, 0.3) is 0 Å². The van der Waals surface area contributed by atoms with E-state index in [1.54, 1.807) is 0 Å². The van der Waals surface area contributed by atoms with Gasteiger partial charge in [0.1, 0.15) is 0 Å². The van der Waals surface area contributed by atoms with E-state index < -0.39 is 0 Å². The first kappa shape index (κ1) is 18.6. The molecule has 25 heavy (non-hydrogen) atoms. The number of thioether (sulfide) groups is 2. The van der Waals surface area contributed by atoms with Crippen molar-refractivity contribution < 1.29 is 9.59 Å². The molecule has 0 bridgehead atoms. The second-order valence-corrected chi connectivity index (χ2v) is 8.79. The van der Waals surface area contributed by atoms with E-state index in [9.17, 15) is 9.59 Å². The Balaban J connectivity index is 1.59. The maximum Gasteiger partial charge on any atom is 0.253 e. The minimum atomic E-state index is 0.0234. The molecule has 0 aromatic heterocycles. The van der Waals surface area contributed by atoms with Gasteiger partial charge in [0.15, 0.2) is 0 Å². The third-order valence-corrected chi connectivity index (χ3v) is 6.55. The molecule has 0 spiro atoms. The molecule has 1 aromatic carbocycles. The number of nitrogens with zero attached hydrogens (tertiary/aromatic N) is 1. The van der Waals surface area contributed by atoms with Crippen LogP contribution >= 0.6 is 23.5 Å². The molecular weight excluding hydrogens is 354 g/mol. The van der Waals surface area contributed by atoms with Gasteiger partial charge in [0.2, 0.25) is 5.91 Å². The minimum absolute atomic E-state index is 0.0234. The maximum absolute atomic E-state index is 12.6. The predicted octanol–water partition coefficient (Wildman–Crippen LogP) is 2.22. The summed E-state index contributed by atoms with van der Waals surface area (Å²) in [5.74, 6) is 4.22. The Labute approximate surface area is 157 Å². The summed E-state index contributed by atoms with van der Waals surface area (Å²) in [5, 5.41) is 6.36. The molecule has 1 unspecified atom stereocenters. The maximum atomic E-state index is 12.6. The van der Waals surface area contributed by atoms with Crippen LogP contribution in [0.4, 0.5) is 5.69 Å². The zero-order chi connectivity index (χ0) is 17.6. The lowest BCUT2D eigenvalue weighted by molar-refractivity contribution is -0.116. The third-order valence-electron chi connectivity index (χ3n) is 4.48. The van der Waals surface area contributed by atoms with Crippen molar-refractivity contribution in [1.82, 2.24) is 10.2 Å². The van der Waals surface area contributed by atoms with Gasteiger partial charge in [-0.1, -0.05) is 0 Å². The monoisotopic (exact) mass is 379 g/mol. The molecule has 2 amide bonds. The lowest BCUT2D eigenvalue weighted by Gasteiger charge is -2.26. The molecule has 2 aliphatic heterocycles. The molecular formula is C18H25N3O2S2. The lowest BCUT2D eigenvalue weighted by Crippen LogP contribution is -2.40. The summed E-state index contributed by atoms with van der Waals surface area (Å²) in [5.41, 5.74) is 2.42. The highest BCUT2D eigenvalue weighted by Gasteiger charge is 2.20. The van der Waals surface area contributed by atoms with Crippen LogP contribution in [0.5, 0.6) is 0 Å². The Bertz CT molecular complexity index is 627. The molecule has 0 saturated carbocycles. The zero-order valence-electron chi connectivity index (χ0n) is 14.5. The van der Waals surface area contributed by atoms with Gasteiger partial charge >= 0.3 is 0 Å². The fraction of sp³-hybridized carbons (Fsp3) is 0.556. The van der Waals surface area contributed by atoms with Crippen LogP contribution in [0.1, 0.15) is 22.3 Å². The van der Waals surface area contributed by atoms with Gasteiger partial charge in [-0.05, 0) is 30.7 Å². The van der Waals surface area contributed by atoms with E-state index >= 15 is 0 Å². The van der Waals surface area contributed by atoms with Crippen molar-refractivity contribution in [1.29, 1.82) is 0 Å². The third kappa shape index (κ3) is 5.15. The molecule has 0 aliphatic carbocycles. The molecule has 2 heterocycles. The molecule has 2 N–H and O–H groups in total. The van der Waals surface area contributed by atoms with Gasteiger partial charge in [-0.25, -0.2) is 0 Å². The highest BCUT2D eigenvalue weighted by atomic mass is 32.2. The molecule has 1 atom stereocenters. The average Bonchev–Trinajstić information content (AvgIpc) is 2.64. The van der Waals surface area contributed by atoms with E-state index in [0.717, 1.165) is 53.9 Å². The Kier molecular flexibility index (Phi) is 6.67. The topological polar surface area (TPSA) is 61.4 Å².